The van der Waals surface area contributed by atoms with Gasteiger partial charge in [-0.1, -0.05) is 0 Å². The van der Waals surface area contributed by atoms with Crippen LogP contribution in [-0.2, 0) is 10.0 Å². The van der Waals surface area contributed by atoms with Crippen molar-refractivity contribution in [2.75, 3.05) is 52.7 Å². The fourth-order valence-corrected chi connectivity index (χ4v) is 3.93. The van der Waals surface area contributed by atoms with Gasteiger partial charge in [-0.3, -0.25) is 4.79 Å². The zero-order valence-electron chi connectivity index (χ0n) is 15.5. The molecule has 2 heterocycles. The van der Waals surface area contributed by atoms with Gasteiger partial charge in [0.2, 0.25) is 10.0 Å². The molecule has 2 aromatic rings. The number of sulfonamides is 1. The van der Waals surface area contributed by atoms with Gasteiger partial charge in [-0.05, 0) is 12.5 Å². The number of ether oxygens (including phenoxy) is 2. The van der Waals surface area contributed by atoms with Gasteiger partial charge in [-0.25, -0.2) is 13.4 Å². The summed E-state index contributed by atoms with van der Waals surface area (Å²) >= 11 is 0. The van der Waals surface area contributed by atoms with Gasteiger partial charge in [-0.2, -0.15) is 4.31 Å². The predicted molar refractivity (Wildman–Crippen MR) is 102 cm³/mol. The Balaban J connectivity index is 1.53. The third-order valence-corrected chi connectivity index (χ3v) is 5.91. The number of hydrogen-bond donors (Lipinski definition) is 1. The normalized spacial score (nSPS) is 16.5. The maximum absolute atomic E-state index is 11.8. The highest BCUT2D eigenvalue weighted by Gasteiger charge is 2.22. The summed E-state index contributed by atoms with van der Waals surface area (Å²) in [5.74, 6) is 1.03. The highest BCUT2D eigenvalue weighted by Crippen LogP contribution is 2.30. The largest absolute Gasteiger partial charge is 0.493 e. The molecule has 1 aliphatic rings. The molecule has 0 bridgehead atoms. The molecular weight excluding hydrogens is 372 g/mol. The van der Waals surface area contributed by atoms with E-state index in [1.165, 1.54) is 24.0 Å². The van der Waals surface area contributed by atoms with Crippen molar-refractivity contribution in [3.05, 3.63) is 28.8 Å². The van der Waals surface area contributed by atoms with Crippen LogP contribution in [0.5, 0.6) is 11.5 Å². The number of hydrogen-bond acceptors (Lipinski definition) is 7. The van der Waals surface area contributed by atoms with Crippen molar-refractivity contribution in [3.8, 4) is 11.5 Å². The lowest BCUT2D eigenvalue weighted by molar-refractivity contribution is 0.174. The molecule has 0 atom stereocenters. The van der Waals surface area contributed by atoms with Crippen LogP contribution in [0.25, 0.3) is 10.9 Å². The van der Waals surface area contributed by atoms with Crippen LogP contribution in [-0.4, -0.2) is 80.3 Å². The average Bonchev–Trinajstić information content (AvgIpc) is 2.64. The fourth-order valence-electron chi connectivity index (χ4n) is 3.10. The lowest BCUT2D eigenvalue weighted by Crippen LogP contribution is -2.48. The minimum Gasteiger partial charge on any atom is -0.493 e. The highest BCUT2D eigenvalue weighted by atomic mass is 32.2. The van der Waals surface area contributed by atoms with Crippen molar-refractivity contribution < 1.29 is 17.9 Å². The number of piperazine rings is 1. The van der Waals surface area contributed by atoms with E-state index in [0.29, 0.717) is 42.1 Å². The summed E-state index contributed by atoms with van der Waals surface area (Å²) in [5, 5.41) is 0.449. The predicted octanol–water partition coefficient (Wildman–Crippen LogP) is 0.278. The minimum atomic E-state index is -3.10. The molecular formula is C17H24N4O5S. The Bertz CT molecular complexity index is 951. The molecule has 1 fully saturated rings. The first-order valence-electron chi connectivity index (χ1n) is 8.74. The molecule has 0 saturated carbocycles. The van der Waals surface area contributed by atoms with Crippen molar-refractivity contribution in [1.29, 1.82) is 0 Å². The van der Waals surface area contributed by atoms with E-state index in [1.54, 1.807) is 12.1 Å². The van der Waals surface area contributed by atoms with Crippen LogP contribution < -0.4 is 15.0 Å². The van der Waals surface area contributed by atoms with Gasteiger partial charge in [0.25, 0.3) is 5.56 Å². The molecule has 148 valence electrons. The first kappa shape index (κ1) is 19.6. The van der Waals surface area contributed by atoms with Crippen molar-refractivity contribution in [3.63, 3.8) is 0 Å². The van der Waals surface area contributed by atoms with Gasteiger partial charge in [0.15, 0.2) is 11.5 Å². The Morgan fingerprint density at radius 2 is 1.93 bits per heavy atom. The van der Waals surface area contributed by atoms with Gasteiger partial charge in [0.05, 0.1) is 37.2 Å². The standard InChI is InChI=1S/C17H24N4O5S/c1-25-15-10-13-14(18-12-19-17(13)22)11-16(15)26-9-3-4-20-5-7-21(8-6-20)27(2,23)24/h10-12H,3-9H2,1-2H3,(H,18,19,22). The molecule has 0 spiro atoms. The monoisotopic (exact) mass is 396 g/mol. The molecule has 1 saturated heterocycles. The zero-order valence-corrected chi connectivity index (χ0v) is 16.3. The molecule has 0 aliphatic carbocycles. The lowest BCUT2D eigenvalue weighted by atomic mass is 10.2. The fraction of sp³-hybridized carbons (Fsp3) is 0.529. The minimum absolute atomic E-state index is 0.224. The average molecular weight is 396 g/mol. The van der Waals surface area contributed by atoms with Gasteiger partial charge >= 0.3 is 0 Å². The van der Waals surface area contributed by atoms with Crippen LogP contribution in [0, 0.1) is 0 Å². The summed E-state index contributed by atoms with van der Waals surface area (Å²) in [6.07, 6.45) is 3.40. The second-order valence-corrected chi connectivity index (χ2v) is 8.44. The van der Waals surface area contributed by atoms with Crippen LogP contribution >= 0.6 is 0 Å². The highest BCUT2D eigenvalue weighted by molar-refractivity contribution is 7.88. The van der Waals surface area contributed by atoms with Gasteiger partial charge in [-0.15, -0.1) is 0 Å². The molecule has 27 heavy (non-hydrogen) atoms. The number of fused-ring (bicyclic) bond motifs is 1. The van der Waals surface area contributed by atoms with E-state index in [1.807, 2.05) is 0 Å². The van der Waals surface area contributed by atoms with Crippen molar-refractivity contribution in [2.45, 2.75) is 6.42 Å². The van der Waals surface area contributed by atoms with Crippen LogP contribution in [0.4, 0.5) is 0 Å². The maximum atomic E-state index is 11.8. The number of aromatic amines is 1. The second-order valence-electron chi connectivity index (χ2n) is 6.46. The number of aromatic nitrogens is 2. The molecule has 10 heteroatoms. The Morgan fingerprint density at radius 3 is 2.59 bits per heavy atom. The van der Waals surface area contributed by atoms with Crippen LogP contribution in [0.2, 0.25) is 0 Å². The summed E-state index contributed by atoms with van der Waals surface area (Å²) in [6, 6.07) is 3.33. The summed E-state index contributed by atoms with van der Waals surface area (Å²) in [7, 11) is -1.57. The van der Waals surface area contributed by atoms with E-state index >= 15 is 0 Å². The van der Waals surface area contributed by atoms with Crippen molar-refractivity contribution >= 4 is 20.9 Å². The van der Waals surface area contributed by atoms with Crippen molar-refractivity contribution in [1.82, 2.24) is 19.2 Å². The molecule has 1 aromatic heterocycles. The number of nitrogens with zero attached hydrogens (tertiary/aromatic N) is 3. The first-order chi connectivity index (χ1) is 12.9. The molecule has 1 aliphatic heterocycles. The third kappa shape index (κ3) is 4.76. The van der Waals surface area contributed by atoms with E-state index in [2.05, 4.69) is 14.9 Å². The number of benzene rings is 1. The van der Waals surface area contributed by atoms with E-state index < -0.39 is 10.0 Å². The molecule has 3 rings (SSSR count). The number of H-pyrrole nitrogens is 1. The molecule has 0 amide bonds. The Hall–Kier alpha value is -2.17. The lowest BCUT2D eigenvalue weighted by Gasteiger charge is -2.33. The topological polar surface area (TPSA) is 105 Å². The van der Waals surface area contributed by atoms with Gasteiger partial charge in [0.1, 0.15) is 0 Å². The van der Waals surface area contributed by atoms with Crippen LogP contribution in [0.1, 0.15) is 6.42 Å². The van der Waals surface area contributed by atoms with Gasteiger partial charge < -0.3 is 19.4 Å². The van der Waals surface area contributed by atoms with Crippen molar-refractivity contribution in [2.24, 2.45) is 0 Å². The Labute approximate surface area is 158 Å². The molecule has 1 N–H and O–H groups in total. The van der Waals surface area contributed by atoms with E-state index in [4.69, 9.17) is 9.47 Å². The molecule has 9 nitrogen and oxygen atoms in total. The van der Waals surface area contributed by atoms with Gasteiger partial charge in [0, 0.05) is 38.8 Å². The molecule has 0 radical (unpaired) electrons. The maximum Gasteiger partial charge on any atom is 0.258 e. The van der Waals surface area contributed by atoms with Crippen LogP contribution in [0.15, 0.2) is 23.3 Å². The summed E-state index contributed by atoms with van der Waals surface area (Å²) < 4.78 is 35.7. The van der Waals surface area contributed by atoms with Crippen LogP contribution in [0.3, 0.4) is 0 Å². The Morgan fingerprint density at radius 1 is 1.19 bits per heavy atom. The summed E-state index contributed by atoms with van der Waals surface area (Å²) in [6.45, 7) is 3.80. The first-order valence-corrected chi connectivity index (χ1v) is 10.6. The molecule has 1 aromatic carbocycles. The zero-order chi connectivity index (χ0) is 19.4. The Kier molecular flexibility index (Phi) is 5.98. The van der Waals surface area contributed by atoms with E-state index in [-0.39, 0.29) is 5.56 Å². The molecule has 0 unspecified atom stereocenters. The summed E-state index contributed by atoms with van der Waals surface area (Å²) in [5.41, 5.74) is 0.324. The van der Waals surface area contributed by atoms with E-state index in [0.717, 1.165) is 26.1 Å². The third-order valence-electron chi connectivity index (χ3n) is 4.60. The van der Waals surface area contributed by atoms with E-state index in [9.17, 15) is 13.2 Å². The quantitative estimate of drug-likeness (QED) is 0.670. The number of methoxy groups -OCH3 is 1. The smallest absolute Gasteiger partial charge is 0.258 e. The SMILES string of the molecule is COc1cc2c(=O)[nH]cnc2cc1OCCCN1CCN(S(C)(=O)=O)CC1. The second kappa shape index (κ2) is 8.24. The number of rotatable bonds is 7. The number of nitrogens with one attached hydrogen (secondary N) is 1. The summed E-state index contributed by atoms with van der Waals surface area (Å²) in [4.78, 5) is 20.8.